The summed E-state index contributed by atoms with van der Waals surface area (Å²) in [4.78, 5) is 11.8. The number of ether oxygens (including phenoxy) is 1. The van der Waals surface area contributed by atoms with Gasteiger partial charge in [-0.25, -0.2) is 4.39 Å². The Hall–Kier alpha value is -2.07. The van der Waals surface area contributed by atoms with Crippen LogP contribution in [0.5, 0.6) is 5.75 Å². The van der Waals surface area contributed by atoms with Crippen molar-refractivity contribution in [3.05, 3.63) is 58.9 Å². The van der Waals surface area contributed by atoms with Gasteiger partial charge in [0.05, 0.1) is 5.02 Å². The van der Waals surface area contributed by atoms with E-state index >= 15 is 0 Å². The molecule has 0 heterocycles. The fraction of sp³-hybridized carbons (Fsp3) is 0.188. The van der Waals surface area contributed by atoms with E-state index in [1.54, 1.807) is 0 Å². The first-order valence-corrected chi connectivity index (χ1v) is 6.93. The van der Waals surface area contributed by atoms with E-state index in [0.29, 0.717) is 5.75 Å². The van der Waals surface area contributed by atoms with Gasteiger partial charge in [0.25, 0.3) is 5.91 Å². The number of rotatable bonds is 5. The maximum Gasteiger partial charge on any atom is 0.262 e. The molecule has 0 fully saturated rings. The molecule has 0 saturated heterocycles. The van der Waals surface area contributed by atoms with Crippen LogP contribution in [0, 0.1) is 5.82 Å². The predicted octanol–water partition coefficient (Wildman–Crippen LogP) is 4.06. The summed E-state index contributed by atoms with van der Waals surface area (Å²) in [6.45, 7) is 1.88. The molecule has 2 aromatic carbocycles. The lowest BCUT2D eigenvalue weighted by atomic mass is 10.1. The van der Waals surface area contributed by atoms with Gasteiger partial charge in [-0.2, -0.15) is 0 Å². The van der Waals surface area contributed by atoms with Crippen LogP contribution in [-0.4, -0.2) is 12.5 Å². The van der Waals surface area contributed by atoms with E-state index in [1.165, 1.54) is 18.2 Å². The molecule has 0 aliphatic heterocycles. The Morgan fingerprint density at radius 3 is 2.81 bits per heavy atom. The molecule has 0 atom stereocenters. The number of halogens is 2. The zero-order chi connectivity index (χ0) is 15.2. The molecule has 0 aliphatic rings. The van der Waals surface area contributed by atoms with Crippen molar-refractivity contribution in [1.29, 1.82) is 0 Å². The SMILES string of the molecule is CCc1cccc(NC(=O)COc2ccc(F)c(Cl)c2)c1. The lowest BCUT2D eigenvalue weighted by molar-refractivity contribution is -0.118. The van der Waals surface area contributed by atoms with E-state index in [0.717, 1.165) is 17.7 Å². The quantitative estimate of drug-likeness (QED) is 0.904. The highest BCUT2D eigenvalue weighted by atomic mass is 35.5. The molecular formula is C16H15ClFNO2. The maximum absolute atomic E-state index is 13.0. The number of aryl methyl sites for hydroxylation is 1. The standard InChI is InChI=1S/C16H15ClFNO2/c1-2-11-4-3-5-12(8-11)19-16(20)10-21-13-6-7-15(18)14(17)9-13/h3-9H,2,10H2,1H3,(H,19,20). The summed E-state index contributed by atoms with van der Waals surface area (Å²) in [5, 5.41) is 2.70. The van der Waals surface area contributed by atoms with Crippen LogP contribution >= 0.6 is 11.6 Å². The largest absolute Gasteiger partial charge is 0.484 e. The van der Waals surface area contributed by atoms with Gasteiger partial charge in [0.15, 0.2) is 6.61 Å². The van der Waals surface area contributed by atoms with Gasteiger partial charge in [0.2, 0.25) is 0 Å². The lowest BCUT2D eigenvalue weighted by Crippen LogP contribution is -2.20. The van der Waals surface area contributed by atoms with Crippen molar-refractivity contribution >= 4 is 23.2 Å². The van der Waals surface area contributed by atoms with Crippen LogP contribution in [0.15, 0.2) is 42.5 Å². The Morgan fingerprint density at radius 1 is 1.29 bits per heavy atom. The number of carbonyl (C=O) groups excluding carboxylic acids is 1. The predicted molar refractivity (Wildman–Crippen MR) is 81.4 cm³/mol. The average Bonchev–Trinajstić information content (AvgIpc) is 2.48. The molecule has 0 radical (unpaired) electrons. The Balaban J connectivity index is 1.90. The molecule has 110 valence electrons. The van der Waals surface area contributed by atoms with Crippen LogP contribution in [0.4, 0.5) is 10.1 Å². The molecule has 2 aromatic rings. The van der Waals surface area contributed by atoms with Crippen molar-refractivity contribution in [2.24, 2.45) is 0 Å². The van der Waals surface area contributed by atoms with Crippen LogP contribution in [0.25, 0.3) is 0 Å². The Bertz CT molecular complexity index is 646. The summed E-state index contributed by atoms with van der Waals surface area (Å²) >= 11 is 5.64. The number of benzene rings is 2. The molecule has 1 amide bonds. The summed E-state index contributed by atoms with van der Waals surface area (Å²) < 4.78 is 18.3. The van der Waals surface area contributed by atoms with Gasteiger partial charge < -0.3 is 10.1 Å². The molecule has 0 unspecified atom stereocenters. The van der Waals surface area contributed by atoms with Gasteiger partial charge in [-0.3, -0.25) is 4.79 Å². The Morgan fingerprint density at radius 2 is 2.10 bits per heavy atom. The van der Waals surface area contributed by atoms with E-state index in [2.05, 4.69) is 5.32 Å². The van der Waals surface area contributed by atoms with Crippen molar-refractivity contribution in [3.63, 3.8) is 0 Å². The van der Waals surface area contributed by atoms with Gasteiger partial charge in [-0.15, -0.1) is 0 Å². The molecule has 0 spiro atoms. The van der Waals surface area contributed by atoms with Gasteiger partial charge in [0, 0.05) is 11.8 Å². The highest BCUT2D eigenvalue weighted by molar-refractivity contribution is 6.30. The molecule has 0 aliphatic carbocycles. The minimum absolute atomic E-state index is 0.0384. The Kier molecular flexibility index (Phi) is 5.17. The van der Waals surface area contributed by atoms with Crippen molar-refractivity contribution in [1.82, 2.24) is 0 Å². The molecule has 0 bridgehead atoms. The van der Waals surface area contributed by atoms with E-state index in [4.69, 9.17) is 16.3 Å². The second-order valence-corrected chi connectivity index (χ2v) is 4.87. The normalized spacial score (nSPS) is 10.2. The summed E-state index contributed by atoms with van der Waals surface area (Å²) in [7, 11) is 0. The molecule has 5 heteroatoms. The third kappa shape index (κ3) is 4.46. The number of nitrogens with one attached hydrogen (secondary N) is 1. The molecule has 2 rings (SSSR count). The molecule has 21 heavy (non-hydrogen) atoms. The van der Waals surface area contributed by atoms with Gasteiger partial charge in [-0.1, -0.05) is 30.7 Å². The minimum Gasteiger partial charge on any atom is -0.484 e. The fourth-order valence-corrected chi connectivity index (χ4v) is 1.95. The lowest BCUT2D eigenvalue weighted by Gasteiger charge is -2.09. The van der Waals surface area contributed by atoms with Crippen LogP contribution < -0.4 is 10.1 Å². The monoisotopic (exact) mass is 307 g/mol. The molecule has 3 nitrogen and oxygen atoms in total. The zero-order valence-corrected chi connectivity index (χ0v) is 12.3. The maximum atomic E-state index is 13.0. The highest BCUT2D eigenvalue weighted by Crippen LogP contribution is 2.21. The Labute approximate surface area is 127 Å². The number of amides is 1. The number of hydrogen-bond acceptors (Lipinski definition) is 2. The van der Waals surface area contributed by atoms with Crippen LogP contribution in [-0.2, 0) is 11.2 Å². The van der Waals surface area contributed by atoms with Crippen molar-refractivity contribution in [2.75, 3.05) is 11.9 Å². The summed E-state index contributed by atoms with van der Waals surface area (Å²) in [6.07, 6.45) is 0.897. The van der Waals surface area contributed by atoms with Gasteiger partial charge in [0.1, 0.15) is 11.6 Å². The molecule has 1 N–H and O–H groups in total. The smallest absolute Gasteiger partial charge is 0.262 e. The van der Waals surface area contributed by atoms with E-state index in [9.17, 15) is 9.18 Å². The number of carbonyl (C=O) groups is 1. The first-order chi connectivity index (χ1) is 10.1. The number of anilines is 1. The summed E-state index contributed by atoms with van der Waals surface area (Å²) in [6, 6.07) is 11.6. The van der Waals surface area contributed by atoms with Crippen molar-refractivity contribution in [2.45, 2.75) is 13.3 Å². The van der Waals surface area contributed by atoms with E-state index in [-0.39, 0.29) is 17.5 Å². The summed E-state index contributed by atoms with van der Waals surface area (Å²) in [5.41, 5.74) is 1.86. The first-order valence-electron chi connectivity index (χ1n) is 6.55. The van der Waals surface area contributed by atoms with E-state index < -0.39 is 5.82 Å². The van der Waals surface area contributed by atoms with Crippen molar-refractivity contribution < 1.29 is 13.9 Å². The summed E-state index contributed by atoms with van der Waals surface area (Å²) in [5.74, 6) is -0.465. The topological polar surface area (TPSA) is 38.3 Å². The van der Waals surface area contributed by atoms with Gasteiger partial charge in [-0.05, 0) is 36.2 Å². The fourth-order valence-electron chi connectivity index (χ4n) is 1.78. The van der Waals surface area contributed by atoms with E-state index in [1.807, 2.05) is 31.2 Å². The highest BCUT2D eigenvalue weighted by Gasteiger charge is 2.06. The van der Waals surface area contributed by atoms with Crippen LogP contribution in [0.3, 0.4) is 0 Å². The second kappa shape index (κ2) is 7.09. The molecular weight excluding hydrogens is 293 g/mol. The zero-order valence-electron chi connectivity index (χ0n) is 11.5. The first kappa shape index (κ1) is 15.3. The molecule has 0 aromatic heterocycles. The molecule has 0 saturated carbocycles. The minimum atomic E-state index is -0.523. The van der Waals surface area contributed by atoms with Crippen molar-refractivity contribution in [3.8, 4) is 5.75 Å². The third-order valence-electron chi connectivity index (χ3n) is 2.88. The van der Waals surface area contributed by atoms with Crippen LogP contribution in [0.2, 0.25) is 5.02 Å². The van der Waals surface area contributed by atoms with Crippen LogP contribution in [0.1, 0.15) is 12.5 Å². The number of hydrogen-bond donors (Lipinski definition) is 1. The second-order valence-electron chi connectivity index (χ2n) is 4.47. The van der Waals surface area contributed by atoms with Gasteiger partial charge >= 0.3 is 0 Å². The third-order valence-corrected chi connectivity index (χ3v) is 3.17. The average molecular weight is 308 g/mol.